The number of alkyl carbamates (subject to hydrolysis) is 1. The van der Waals surface area contributed by atoms with Crippen LogP contribution in [0.5, 0.6) is 0 Å². The zero-order valence-electron chi connectivity index (χ0n) is 18.0. The van der Waals surface area contributed by atoms with Crippen LogP contribution in [0.15, 0.2) is 48.5 Å². The third-order valence-corrected chi connectivity index (χ3v) is 4.00. The fourth-order valence-corrected chi connectivity index (χ4v) is 2.55. The monoisotopic (exact) mass is 451 g/mol. The maximum absolute atomic E-state index is 12.9. The van der Waals surface area contributed by atoms with Gasteiger partial charge in [0.05, 0.1) is 16.8 Å². The van der Waals surface area contributed by atoms with E-state index in [0.29, 0.717) is 0 Å². The van der Waals surface area contributed by atoms with E-state index in [9.17, 15) is 27.6 Å². The van der Waals surface area contributed by atoms with Gasteiger partial charge in [0.1, 0.15) is 11.6 Å². The van der Waals surface area contributed by atoms with E-state index in [-0.39, 0.29) is 16.9 Å². The zero-order valence-corrected chi connectivity index (χ0v) is 18.0. The van der Waals surface area contributed by atoms with Crippen molar-refractivity contribution in [1.82, 2.24) is 5.32 Å². The summed E-state index contributed by atoms with van der Waals surface area (Å²) in [5.74, 6) is -1.33. The zero-order chi connectivity index (χ0) is 24.1. The smallest absolute Gasteiger partial charge is 0.416 e. The normalized spacial score (nSPS) is 12.5. The lowest BCUT2D eigenvalue weighted by Crippen LogP contribution is -2.44. The molecule has 10 heteroatoms. The number of ether oxygens (including phenoxy) is 1. The number of carbonyl (C=O) groups is 3. The molecule has 0 aliphatic heterocycles. The molecule has 1 unspecified atom stereocenters. The Hall–Kier alpha value is -3.56. The summed E-state index contributed by atoms with van der Waals surface area (Å²) in [6.45, 7) is 6.47. The molecule has 0 aliphatic carbocycles. The Morgan fingerprint density at radius 2 is 1.59 bits per heavy atom. The van der Waals surface area contributed by atoms with Crippen molar-refractivity contribution in [3.8, 4) is 0 Å². The summed E-state index contributed by atoms with van der Waals surface area (Å²) < 4.78 is 43.8. The molecule has 1 atom stereocenters. The third-order valence-electron chi connectivity index (χ3n) is 4.00. The molecule has 3 amide bonds. The number of benzene rings is 2. The van der Waals surface area contributed by atoms with Crippen LogP contribution >= 0.6 is 0 Å². The number of anilines is 2. The van der Waals surface area contributed by atoms with E-state index in [1.54, 1.807) is 32.9 Å². The molecule has 172 valence electrons. The summed E-state index contributed by atoms with van der Waals surface area (Å²) in [5, 5.41) is 7.31. The lowest BCUT2D eigenvalue weighted by Gasteiger charge is -2.22. The standard InChI is InChI=1S/C22H24F3N3O4/c1-13(26-20(31)32-21(2,3)4)18(29)28-17-11-6-5-10-16(17)19(30)27-15-9-7-8-14(12-15)22(23,24)25/h5-13H,1-4H3,(H,26,31)(H,27,30)(H,28,29). The molecule has 0 spiro atoms. The molecule has 0 fully saturated rings. The van der Waals surface area contributed by atoms with Gasteiger partial charge in [-0.15, -0.1) is 0 Å². The van der Waals surface area contributed by atoms with Gasteiger partial charge in [-0.2, -0.15) is 13.2 Å². The Bertz CT molecular complexity index is 1000. The highest BCUT2D eigenvalue weighted by Crippen LogP contribution is 2.31. The van der Waals surface area contributed by atoms with E-state index in [4.69, 9.17) is 4.74 Å². The van der Waals surface area contributed by atoms with Crippen LogP contribution in [-0.4, -0.2) is 29.6 Å². The summed E-state index contributed by atoms with van der Waals surface area (Å²) in [4.78, 5) is 37.0. The third kappa shape index (κ3) is 7.29. The van der Waals surface area contributed by atoms with Crippen molar-refractivity contribution in [2.24, 2.45) is 0 Å². The SMILES string of the molecule is CC(NC(=O)OC(C)(C)C)C(=O)Nc1ccccc1C(=O)Nc1cccc(C(F)(F)F)c1. The van der Waals surface area contributed by atoms with Gasteiger partial charge in [0.2, 0.25) is 5.91 Å². The lowest BCUT2D eigenvalue weighted by atomic mass is 10.1. The highest BCUT2D eigenvalue weighted by Gasteiger charge is 2.30. The molecule has 0 heterocycles. The first-order valence-corrected chi connectivity index (χ1v) is 9.64. The van der Waals surface area contributed by atoms with E-state index in [2.05, 4.69) is 16.0 Å². The minimum absolute atomic E-state index is 0.0303. The highest BCUT2D eigenvalue weighted by molar-refractivity contribution is 6.10. The molecule has 0 radical (unpaired) electrons. The van der Waals surface area contributed by atoms with Crippen molar-refractivity contribution in [3.05, 3.63) is 59.7 Å². The molecule has 32 heavy (non-hydrogen) atoms. The van der Waals surface area contributed by atoms with Crippen LogP contribution in [0.3, 0.4) is 0 Å². The van der Waals surface area contributed by atoms with Crippen LogP contribution in [0.4, 0.5) is 29.3 Å². The van der Waals surface area contributed by atoms with Crippen LogP contribution in [0, 0.1) is 0 Å². The predicted octanol–water partition coefficient (Wildman–Crippen LogP) is 4.81. The van der Waals surface area contributed by atoms with Gasteiger partial charge >= 0.3 is 12.3 Å². The van der Waals surface area contributed by atoms with E-state index >= 15 is 0 Å². The molecule has 2 aromatic rings. The van der Waals surface area contributed by atoms with Gasteiger partial charge in [-0.3, -0.25) is 9.59 Å². The van der Waals surface area contributed by atoms with Gasteiger partial charge in [-0.1, -0.05) is 18.2 Å². The van der Waals surface area contributed by atoms with Gasteiger partial charge in [0.25, 0.3) is 5.91 Å². The number of rotatable bonds is 5. The molecule has 0 bridgehead atoms. The number of para-hydroxylation sites is 1. The fourth-order valence-electron chi connectivity index (χ4n) is 2.55. The van der Waals surface area contributed by atoms with E-state index in [1.165, 1.54) is 31.2 Å². The summed E-state index contributed by atoms with van der Waals surface area (Å²) in [7, 11) is 0. The van der Waals surface area contributed by atoms with Crippen molar-refractivity contribution < 1.29 is 32.3 Å². The minimum atomic E-state index is -4.55. The number of alkyl halides is 3. The summed E-state index contributed by atoms with van der Waals surface area (Å²) >= 11 is 0. The second-order valence-electron chi connectivity index (χ2n) is 7.94. The van der Waals surface area contributed by atoms with Gasteiger partial charge in [-0.05, 0) is 58.0 Å². The topological polar surface area (TPSA) is 96.5 Å². The Morgan fingerprint density at radius 3 is 2.22 bits per heavy atom. The fraction of sp³-hybridized carbons (Fsp3) is 0.318. The van der Waals surface area contributed by atoms with Crippen LogP contribution < -0.4 is 16.0 Å². The second-order valence-corrected chi connectivity index (χ2v) is 7.94. The predicted molar refractivity (Wildman–Crippen MR) is 113 cm³/mol. The first-order valence-electron chi connectivity index (χ1n) is 9.64. The van der Waals surface area contributed by atoms with Crippen molar-refractivity contribution in [2.75, 3.05) is 10.6 Å². The molecule has 0 aromatic heterocycles. The summed E-state index contributed by atoms with van der Waals surface area (Å²) in [6, 6.07) is 9.20. The van der Waals surface area contributed by atoms with Crippen molar-refractivity contribution >= 4 is 29.3 Å². The van der Waals surface area contributed by atoms with E-state index in [0.717, 1.165) is 12.1 Å². The largest absolute Gasteiger partial charge is 0.444 e. The minimum Gasteiger partial charge on any atom is -0.444 e. The number of carbonyl (C=O) groups excluding carboxylic acids is 3. The maximum Gasteiger partial charge on any atom is 0.416 e. The number of nitrogens with one attached hydrogen (secondary N) is 3. The first-order chi connectivity index (χ1) is 14.8. The molecule has 0 saturated heterocycles. The molecule has 2 aromatic carbocycles. The number of halogens is 3. The number of amides is 3. The second kappa shape index (κ2) is 9.71. The van der Waals surface area contributed by atoms with Crippen molar-refractivity contribution in [1.29, 1.82) is 0 Å². The molecule has 3 N–H and O–H groups in total. The van der Waals surface area contributed by atoms with Crippen LogP contribution in [-0.2, 0) is 15.7 Å². The van der Waals surface area contributed by atoms with Gasteiger partial charge in [0, 0.05) is 5.69 Å². The Kier molecular flexibility index (Phi) is 7.50. The average Bonchev–Trinajstić information content (AvgIpc) is 2.66. The Labute approximate surface area is 183 Å². The molecular weight excluding hydrogens is 427 g/mol. The lowest BCUT2D eigenvalue weighted by molar-refractivity contribution is -0.137. The molecule has 7 nitrogen and oxygen atoms in total. The first kappa shape index (κ1) is 24.7. The van der Waals surface area contributed by atoms with Gasteiger partial charge in [0.15, 0.2) is 0 Å². The average molecular weight is 451 g/mol. The maximum atomic E-state index is 12.9. The number of hydrogen-bond donors (Lipinski definition) is 3. The van der Waals surface area contributed by atoms with Crippen molar-refractivity contribution in [2.45, 2.75) is 45.5 Å². The molecule has 2 rings (SSSR count). The van der Waals surface area contributed by atoms with Crippen LogP contribution in [0.1, 0.15) is 43.6 Å². The van der Waals surface area contributed by atoms with Crippen LogP contribution in [0.2, 0.25) is 0 Å². The Balaban J connectivity index is 2.11. The quantitative estimate of drug-likeness (QED) is 0.608. The summed E-state index contributed by atoms with van der Waals surface area (Å²) in [5.41, 5.74) is -1.54. The molecule has 0 aliphatic rings. The molecular formula is C22H24F3N3O4. The summed E-state index contributed by atoms with van der Waals surface area (Å²) in [6.07, 6.45) is -5.33. The van der Waals surface area contributed by atoms with E-state index in [1.807, 2.05) is 0 Å². The Morgan fingerprint density at radius 1 is 0.938 bits per heavy atom. The van der Waals surface area contributed by atoms with Crippen LogP contribution in [0.25, 0.3) is 0 Å². The molecule has 0 saturated carbocycles. The number of hydrogen-bond acceptors (Lipinski definition) is 4. The van der Waals surface area contributed by atoms with E-state index < -0.39 is 41.3 Å². The van der Waals surface area contributed by atoms with Gasteiger partial charge in [-0.25, -0.2) is 4.79 Å². The van der Waals surface area contributed by atoms with Gasteiger partial charge < -0.3 is 20.7 Å². The van der Waals surface area contributed by atoms with Crippen molar-refractivity contribution in [3.63, 3.8) is 0 Å². The highest BCUT2D eigenvalue weighted by atomic mass is 19.4.